The smallest absolute Gasteiger partial charge is 0.207 e. The third-order valence-electron chi connectivity index (χ3n) is 2.73. The maximum atomic E-state index is 12.5. The van der Waals surface area contributed by atoms with Crippen LogP contribution in [0.5, 0.6) is 0 Å². The first-order valence-corrected chi connectivity index (χ1v) is 7.84. The lowest BCUT2D eigenvalue weighted by atomic mass is 10.2. The summed E-state index contributed by atoms with van der Waals surface area (Å²) in [6, 6.07) is 3.67. The Kier molecular flexibility index (Phi) is 4.75. The molecule has 0 aliphatic rings. The van der Waals surface area contributed by atoms with Gasteiger partial charge in [0.2, 0.25) is 10.0 Å². The number of hydrogen-bond donors (Lipinski definition) is 0. The Bertz CT molecular complexity index is 484. The minimum atomic E-state index is -3.37. The first kappa shape index (κ1) is 14.7. The summed E-state index contributed by atoms with van der Waals surface area (Å²) >= 11 is 3.38. The Labute approximate surface area is 112 Å². The summed E-state index contributed by atoms with van der Waals surface area (Å²) in [4.78, 5) is 0.435. The zero-order chi connectivity index (χ0) is 13.2. The summed E-state index contributed by atoms with van der Waals surface area (Å²) in [6.07, 6.45) is 0. The second-order valence-corrected chi connectivity index (χ2v) is 6.75. The molecular weight excluding hydrogens is 302 g/mol. The highest BCUT2D eigenvalue weighted by atomic mass is 79.9. The number of halogens is 1. The third kappa shape index (κ3) is 2.89. The van der Waals surface area contributed by atoms with E-state index in [9.17, 15) is 8.42 Å². The SMILES string of the molecule is CCN(CC)S(=O)(=O)c1c(C)cc(Br)cc1C. The average molecular weight is 320 g/mol. The molecule has 0 aliphatic heterocycles. The van der Waals surface area contributed by atoms with Gasteiger partial charge in [0.15, 0.2) is 0 Å². The van der Waals surface area contributed by atoms with Crippen LogP contribution in [0.15, 0.2) is 21.5 Å². The number of aryl methyl sites for hydroxylation is 2. The molecule has 1 rings (SSSR count). The zero-order valence-electron chi connectivity index (χ0n) is 10.6. The Balaban J connectivity index is 3.44. The van der Waals surface area contributed by atoms with E-state index in [1.165, 1.54) is 4.31 Å². The van der Waals surface area contributed by atoms with Crippen LogP contribution in [0.1, 0.15) is 25.0 Å². The molecule has 0 atom stereocenters. The van der Waals surface area contributed by atoms with Gasteiger partial charge in [0.1, 0.15) is 0 Å². The summed E-state index contributed by atoms with van der Waals surface area (Å²) in [5, 5.41) is 0. The molecule has 0 bridgehead atoms. The van der Waals surface area contributed by atoms with Crippen LogP contribution in [0.3, 0.4) is 0 Å². The Morgan fingerprint density at radius 3 is 1.88 bits per heavy atom. The van der Waals surface area contributed by atoms with Gasteiger partial charge in [0, 0.05) is 17.6 Å². The Morgan fingerprint density at radius 1 is 1.12 bits per heavy atom. The van der Waals surface area contributed by atoms with E-state index in [-0.39, 0.29) is 0 Å². The molecule has 0 heterocycles. The van der Waals surface area contributed by atoms with E-state index in [4.69, 9.17) is 0 Å². The van der Waals surface area contributed by atoms with Crippen molar-refractivity contribution < 1.29 is 8.42 Å². The number of benzene rings is 1. The van der Waals surface area contributed by atoms with Crippen molar-refractivity contribution in [1.29, 1.82) is 0 Å². The summed E-state index contributed by atoms with van der Waals surface area (Å²) in [5.74, 6) is 0. The molecule has 17 heavy (non-hydrogen) atoms. The van der Waals surface area contributed by atoms with Crippen molar-refractivity contribution in [3.8, 4) is 0 Å². The van der Waals surface area contributed by atoms with Gasteiger partial charge < -0.3 is 0 Å². The molecule has 0 spiro atoms. The van der Waals surface area contributed by atoms with Crippen molar-refractivity contribution in [2.75, 3.05) is 13.1 Å². The fourth-order valence-corrected chi connectivity index (χ4v) is 4.55. The molecule has 96 valence electrons. The number of hydrogen-bond acceptors (Lipinski definition) is 2. The molecule has 3 nitrogen and oxygen atoms in total. The van der Waals surface area contributed by atoms with Gasteiger partial charge in [-0.1, -0.05) is 29.8 Å². The standard InChI is InChI=1S/C12H18BrNO2S/c1-5-14(6-2)17(15,16)12-9(3)7-11(13)8-10(12)4/h7-8H,5-6H2,1-4H3. The molecule has 0 N–H and O–H groups in total. The fraction of sp³-hybridized carbons (Fsp3) is 0.500. The lowest BCUT2D eigenvalue weighted by Crippen LogP contribution is -2.31. The summed E-state index contributed by atoms with van der Waals surface area (Å²) in [6.45, 7) is 8.35. The van der Waals surface area contributed by atoms with E-state index in [0.717, 1.165) is 15.6 Å². The van der Waals surface area contributed by atoms with E-state index in [1.54, 1.807) is 0 Å². The molecule has 0 unspecified atom stereocenters. The molecule has 0 radical (unpaired) electrons. The van der Waals surface area contributed by atoms with Crippen molar-refractivity contribution in [1.82, 2.24) is 4.31 Å². The molecule has 1 aromatic rings. The number of rotatable bonds is 4. The molecule has 0 fully saturated rings. The van der Waals surface area contributed by atoms with Crippen LogP contribution >= 0.6 is 15.9 Å². The number of nitrogens with zero attached hydrogens (tertiary/aromatic N) is 1. The van der Waals surface area contributed by atoms with E-state index in [2.05, 4.69) is 15.9 Å². The molecule has 1 aromatic carbocycles. The van der Waals surface area contributed by atoms with E-state index < -0.39 is 10.0 Å². The Hall–Kier alpha value is -0.390. The molecule has 0 aromatic heterocycles. The third-order valence-corrected chi connectivity index (χ3v) is 5.54. The van der Waals surface area contributed by atoms with Gasteiger partial charge >= 0.3 is 0 Å². The van der Waals surface area contributed by atoms with Gasteiger partial charge in [0.05, 0.1) is 4.90 Å². The fourth-order valence-electron chi connectivity index (χ4n) is 2.00. The topological polar surface area (TPSA) is 37.4 Å². The first-order valence-electron chi connectivity index (χ1n) is 5.61. The lowest BCUT2D eigenvalue weighted by Gasteiger charge is -2.21. The van der Waals surface area contributed by atoms with Crippen LogP contribution in [-0.2, 0) is 10.0 Å². The van der Waals surface area contributed by atoms with E-state index in [1.807, 2.05) is 39.8 Å². The van der Waals surface area contributed by atoms with Crippen molar-refractivity contribution in [3.05, 3.63) is 27.7 Å². The monoisotopic (exact) mass is 319 g/mol. The van der Waals surface area contributed by atoms with Crippen molar-refractivity contribution >= 4 is 26.0 Å². The summed E-state index contributed by atoms with van der Waals surface area (Å²) < 4.78 is 27.3. The molecular formula is C12H18BrNO2S. The van der Waals surface area contributed by atoms with Crippen LogP contribution in [-0.4, -0.2) is 25.8 Å². The molecule has 0 aliphatic carbocycles. The van der Waals surface area contributed by atoms with Crippen LogP contribution < -0.4 is 0 Å². The van der Waals surface area contributed by atoms with Crippen LogP contribution in [0.4, 0.5) is 0 Å². The second-order valence-electron chi connectivity index (χ2n) is 3.96. The maximum absolute atomic E-state index is 12.5. The lowest BCUT2D eigenvalue weighted by molar-refractivity contribution is 0.444. The quantitative estimate of drug-likeness (QED) is 0.855. The summed E-state index contributed by atoms with van der Waals surface area (Å²) in [5.41, 5.74) is 1.56. The molecule has 0 saturated carbocycles. The van der Waals surface area contributed by atoms with Crippen molar-refractivity contribution in [2.24, 2.45) is 0 Å². The van der Waals surface area contributed by atoms with Gasteiger partial charge in [0.25, 0.3) is 0 Å². The van der Waals surface area contributed by atoms with Crippen LogP contribution in [0, 0.1) is 13.8 Å². The zero-order valence-corrected chi connectivity index (χ0v) is 13.0. The maximum Gasteiger partial charge on any atom is 0.243 e. The van der Waals surface area contributed by atoms with E-state index in [0.29, 0.717) is 18.0 Å². The van der Waals surface area contributed by atoms with Crippen molar-refractivity contribution in [3.63, 3.8) is 0 Å². The first-order chi connectivity index (χ1) is 7.84. The predicted molar refractivity (Wildman–Crippen MR) is 73.7 cm³/mol. The highest BCUT2D eigenvalue weighted by Crippen LogP contribution is 2.27. The van der Waals surface area contributed by atoms with Gasteiger partial charge in [-0.05, 0) is 37.1 Å². The highest BCUT2D eigenvalue weighted by molar-refractivity contribution is 9.10. The molecule has 0 saturated heterocycles. The minimum absolute atomic E-state index is 0.435. The largest absolute Gasteiger partial charge is 0.243 e. The van der Waals surface area contributed by atoms with Gasteiger partial charge in [-0.2, -0.15) is 4.31 Å². The van der Waals surface area contributed by atoms with E-state index >= 15 is 0 Å². The predicted octanol–water partition coefficient (Wildman–Crippen LogP) is 3.10. The van der Waals surface area contributed by atoms with Gasteiger partial charge in [-0.3, -0.25) is 0 Å². The van der Waals surface area contributed by atoms with Gasteiger partial charge in [-0.15, -0.1) is 0 Å². The van der Waals surface area contributed by atoms with Crippen LogP contribution in [0.25, 0.3) is 0 Å². The minimum Gasteiger partial charge on any atom is -0.207 e. The summed E-state index contributed by atoms with van der Waals surface area (Å²) in [7, 11) is -3.37. The molecule has 5 heteroatoms. The van der Waals surface area contributed by atoms with Crippen LogP contribution in [0.2, 0.25) is 0 Å². The van der Waals surface area contributed by atoms with Gasteiger partial charge in [-0.25, -0.2) is 8.42 Å². The average Bonchev–Trinajstić information content (AvgIpc) is 2.16. The van der Waals surface area contributed by atoms with Crippen molar-refractivity contribution in [2.45, 2.75) is 32.6 Å². The normalized spacial score (nSPS) is 12.1. The Morgan fingerprint density at radius 2 is 1.53 bits per heavy atom. The number of sulfonamides is 1. The highest BCUT2D eigenvalue weighted by Gasteiger charge is 2.25. The second kappa shape index (κ2) is 5.50. The molecule has 0 amide bonds.